The maximum absolute atomic E-state index is 12.5. The van der Waals surface area contributed by atoms with Gasteiger partial charge in [-0.2, -0.15) is 0 Å². The topological polar surface area (TPSA) is 73.4 Å². The number of hydrogen-bond donors (Lipinski definition) is 2. The van der Waals surface area contributed by atoms with Crippen molar-refractivity contribution in [3.63, 3.8) is 0 Å². The second-order valence-electron chi connectivity index (χ2n) is 6.19. The molecule has 1 aliphatic rings. The third-order valence-electron chi connectivity index (χ3n) is 4.40. The van der Waals surface area contributed by atoms with Gasteiger partial charge in [0, 0.05) is 19.0 Å². The Kier molecular flexibility index (Phi) is 3.74. The minimum atomic E-state index is -0.790. The average Bonchev–Trinajstić information content (AvgIpc) is 2.92. The Morgan fingerprint density at radius 2 is 2.00 bits per heavy atom. The van der Waals surface area contributed by atoms with Crippen LogP contribution in [0.2, 0.25) is 0 Å². The van der Waals surface area contributed by atoms with Crippen LogP contribution in [0.25, 0.3) is 10.8 Å². The molecule has 1 aromatic heterocycles. The molecule has 2 aromatic rings. The lowest BCUT2D eigenvalue weighted by molar-refractivity contribution is 0.0155. The lowest BCUT2D eigenvalue weighted by Crippen LogP contribution is -2.42. The lowest BCUT2D eigenvalue weighted by atomic mass is 10.0. The Morgan fingerprint density at radius 3 is 2.73 bits per heavy atom. The first-order valence-electron chi connectivity index (χ1n) is 7.58. The number of likely N-dealkylation sites (N-methyl/N-ethyl adjacent to an activating group) is 1. The van der Waals surface area contributed by atoms with E-state index >= 15 is 0 Å². The number of aromatic amines is 1. The number of rotatable bonds is 3. The van der Waals surface area contributed by atoms with Gasteiger partial charge in [0.2, 0.25) is 0 Å². The highest BCUT2D eigenvalue weighted by molar-refractivity contribution is 5.96. The van der Waals surface area contributed by atoms with Crippen molar-refractivity contribution in [3.8, 4) is 0 Å². The molecule has 5 heteroatoms. The van der Waals surface area contributed by atoms with Gasteiger partial charge in [0.15, 0.2) is 0 Å². The molecule has 0 saturated heterocycles. The monoisotopic (exact) mass is 300 g/mol. The van der Waals surface area contributed by atoms with Crippen molar-refractivity contribution in [2.24, 2.45) is 0 Å². The van der Waals surface area contributed by atoms with E-state index in [0.717, 1.165) is 31.1 Å². The number of pyridine rings is 1. The maximum atomic E-state index is 12.5. The average molecular weight is 300 g/mol. The Morgan fingerprint density at radius 1 is 1.32 bits per heavy atom. The van der Waals surface area contributed by atoms with Gasteiger partial charge in [-0.05, 0) is 30.4 Å². The standard InChI is InChI=1S/C17H20N2O3/c1-19(11-17(22)8-4-5-9-17)16(21)14-10-12-6-2-3-7-13(12)15(20)18-14/h2-3,6-7,10,22H,4-5,8-9,11H2,1H3,(H,18,20). The van der Waals surface area contributed by atoms with Crippen molar-refractivity contribution in [3.05, 3.63) is 46.4 Å². The summed E-state index contributed by atoms with van der Waals surface area (Å²) in [6.45, 7) is 0.292. The molecule has 2 N–H and O–H groups in total. The first-order chi connectivity index (χ1) is 10.5. The van der Waals surface area contributed by atoms with E-state index in [9.17, 15) is 14.7 Å². The molecule has 0 unspecified atom stereocenters. The van der Waals surface area contributed by atoms with E-state index in [1.165, 1.54) is 4.90 Å². The molecule has 116 valence electrons. The zero-order valence-electron chi connectivity index (χ0n) is 12.6. The number of H-pyrrole nitrogens is 1. The van der Waals surface area contributed by atoms with Crippen molar-refractivity contribution >= 4 is 16.7 Å². The Hall–Kier alpha value is -2.14. The van der Waals surface area contributed by atoms with E-state index in [0.29, 0.717) is 11.9 Å². The summed E-state index contributed by atoms with van der Waals surface area (Å²) in [6.07, 6.45) is 3.42. The molecule has 1 amide bonds. The molecule has 5 nitrogen and oxygen atoms in total. The third kappa shape index (κ3) is 2.76. The van der Waals surface area contributed by atoms with Gasteiger partial charge < -0.3 is 15.0 Å². The van der Waals surface area contributed by atoms with Gasteiger partial charge in [-0.1, -0.05) is 31.0 Å². The fourth-order valence-corrected chi connectivity index (χ4v) is 3.24. The number of carbonyl (C=O) groups is 1. The molecule has 0 radical (unpaired) electrons. The summed E-state index contributed by atoms with van der Waals surface area (Å²) in [5.74, 6) is -0.275. The van der Waals surface area contributed by atoms with Crippen LogP contribution in [0.1, 0.15) is 36.2 Å². The van der Waals surface area contributed by atoms with E-state index in [1.54, 1.807) is 25.2 Å². The SMILES string of the molecule is CN(CC1(O)CCCC1)C(=O)c1cc2ccccc2c(=O)[nH]1. The first-order valence-corrected chi connectivity index (χ1v) is 7.58. The normalized spacial score (nSPS) is 16.8. The molecule has 1 heterocycles. The second-order valence-corrected chi connectivity index (χ2v) is 6.19. The van der Waals surface area contributed by atoms with E-state index in [1.807, 2.05) is 12.1 Å². The summed E-state index contributed by atoms with van der Waals surface area (Å²) in [6, 6.07) is 8.86. The highest BCUT2D eigenvalue weighted by Crippen LogP contribution is 2.30. The van der Waals surface area contributed by atoms with Crippen LogP contribution in [-0.2, 0) is 0 Å². The summed E-state index contributed by atoms with van der Waals surface area (Å²) in [7, 11) is 1.66. The smallest absolute Gasteiger partial charge is 0.270 e. The Labute approximate surface area is 128 Å². The number of amides is 1. The molecule has 1 saturated carbocycles. The highest BCUT2D eigenvalue weighted by atomic mass is 16.3. The van der Waals surface area contributed by atoms with Crippen molar-refractivity contribution in [1.29, 1.82) is 0 Å². The lowest BCUT2D eigenvalue weighted by Gasteiger charge is -2.28. The van der Waals surface area contributed by atoms with E-state index in [2.05, 4.69) is 4.98 Å². The highest BCUT2D eigenvalue weighted by Gasteiger charge is 2.33. The molecular weight excluding hydrogens is 280 g/mol. The van der Waals surface area contributed by atoms with Gasteiger partial charge in [-0.3, -0.25) is 9.59 Å². The number of nitrogens with one attached hydrogen (secondary N) is 1. The molecular formula is C17H20N2O3. The van der Waals surface area contributed by atoms with Crippen LogP contribution in [0.4, 0.5) is 0 Å². The van der Waals surface area contributed by atoms with Crippen LogP contribution in [0.3, 0.4) is 0 Å². The largest absolute Gasteiger partial charge is 0.388 e. The van der Waals surface area contributed by atoms with E-state index in [-0.39, 0.29) is 17.2 Å². The number of nitrogens with zero attached hydrogens (tertiary/aromatic N) is 1. The van der Waals surface area contributed by atoms with E-state index < -0.39 is 5.60 Å². The predicted molar refractivity (Wildman–Crippen MR) is 84.9 cm³/mol. The number of aromatic nitrogens is 1. The van der Waals surface area contributed by atoms with Gasteiger partial charge >= 0.3 is 0 Å². The fraction of sp³-hybridized carbons (Fsp3) is 0.412. The number of hydrogen-bond acceptors (Lipinski definition) is 3. The Bertz CT molecular complexity index is 760. The van der Waals surface area contributed by atoms with Crippen LogP contribution >= 0.6 is 0 Å². The van der Waals surface area contributed by atoms with Crippen LogP contribution in [0, 0.1) is 0 Å². The quantitative estimate of drug-likeness (QED) is 0.909. The molecule has 0 spiro atoms. The molecule has 1 fully saturated rings. The zero-order valence-corrected chi connectivity index (χ0v) is 12.6. The summed E-state index contributed by atoms with van der Waals surface area (Å²) in [5.41, 5.74) is -0.802. The van der Waals surface area contributed by atoms with Crippen LogP contribution < -0.4 is 5.56 Å². The summed E-state index contributed by atoms with van der Waals surface area (Å²) in [5, 5.41) is 11.7. The summed E-state index contributed by atoms with van der Waals surface area (Å²) >= 11 is 0. The fourth-order valence-electron chi connectivity index (χ4n) is 3.24. The third-order valence-corrected chi connectivity index (χ3v) is 4.40. The molecule has 0 bridgehead atoms. The second kappa shape index (κ2) is 5.57. The number of fused-ring (bicyclic) bond motifs is 1. The number of benzene rings is 1. The maximum Gasteiger partial charge on any atom is 0.270 e. The molecule has 0 aliphatic heterocycles. The summed E-state index contributed by atoms with van der Waals surface area (Å²) in [4.78, 5) is 28.7. The van der Waals surface area contributed by atoms with Gasteiger partial charge in [0.25, 0.3) is 11.5 Å². The minimum absolute atomic E-state index is 0.257. The van der Waals surface area contributed by atoms with Crippen molar-refractivity contribution in [2.45, 2.75) is 31.3 Å². The molecule has 1 aliphatic carbocycles. The van der Waals surface area contributed by atoms with Gasteiger partial charge in [-0.25, -0.2) is 0 Å². The predicted octanol–water partition coefficient (Wildman–Crippen LogP) is 1.91. The van der Waals surface area contributed by atoms with Gasteiger partial charge in [0.05, 0.1) is 5.60 Å². The Balaban J connectivity index is 1.87. The number of aliphatic hydroxyl groups is 1. The van der Waals surface area contributed by atoms with E-state index in [4.69, 9.17) is 0 Å². The number of carbonyl (C=O) groups excluding carboxylic acids is 1. The van der Waals surface area contributed by atoms with Crippen LogP contribution in [0.15, 0.2) is 35.1 Å². The first kappa shape index (κ1) is 14.8. The summed E-state index contributed by atoms with van der Waals surface area (Å²) < 4.78 is 0. The van der Waals surface area contributed by atoms with Crippen molar-refractivity contribution < 1.29 is 9.90 Å². The van der Waals surface area contributed by atoms with Crippen LogP contribution in [0.5, 0.6) is 0 Å². The molecule has 1 aromatic carbocycles. The molecule has 22 heavy (non-hydrogen) atoms. The van der Waals surface area contributed by atoms with Crippen molar-refractivity contribution in [2.75, 3.05) is 13.6 Å². The molecule has 3 rings (SSSR count). The minimum Gasteiger partial charge on any atom is -0.388 e. The molecule has 0 atom stereocenters. The van der Waals surface area contributed by atoms with Gasteiger partial charge in [0.1, 0.15) is 5.69 Å². The van der Waals surface area contributed by atoms with Crippen molar-refractivity contribution in [1.82, 2.24) is 9.88 Å². The van der Waals surface area contributed by atoms with Gasteiger partial charge in [-0.15, -0.1) is 0 Å². The zero-order chi connectivity index (χ0) is 15.7. The van der Waals surface area contributed by atoms with Crippen LogP contribution in [-0.4, -0.2) is 40.1 Å².